The van der Waals surface area contributed by atoms with E-state index in [2.05, 4.69) is 61.2 Å². The number of benzene rings is 1. The average Bonchev–Trinajstić information content (AvgIpc) is 3.50. The summed E-state index contributed by atoms with van der Waals surface area (Å²) in [4.78, 5) is 9.50. The molecule has 35 heavy (non-hydrogen) atoms. The second kappa shape index (κ2) is 11.2. The maximum atomic E-state index is 5.87. The Morgan fingerprint density at radius 1 is 1.06 bits per heavy atom. The summed E-state index contributed by atoms with van der Waals surface area (Å²) >= 11 is 5.87. The lowest BCUT2D eigenvalue weighted by Gasteiger charge is -2.31. The van der Waals surface area contributed by atoms with Crippen LogP contribution in [0.4, 0.5) is 0 Å². The van der Waals surface area contributed by atoms with Crippen LogP contribution >= 0.6 is 12.2 Å². The number of aromatic nitrogens is 2. The minimum atomic E-state index is -0.0246. The Morgan fingerprint density at radius 3 is 2.63 bits per heavy atom. The summed E-state index contributed by atoms with van der Waals surface area (Å²) in [5, 5.41) is 4.36. The molecule has 5 rings (SSSR count). The Labute approximate surface area is 212 Å². The number of nitrogens with zero attached hydrogens (tertiary/aromatic N) is 4. The van der Waals surface area contributed by atoms with E-state index in [0.717, 1.165) is 68.1 Å². The summed E-state index contributed by atoms with van der Waals surface area (Å²) in [6, 6.07) is 18.6. The molecule has 0 amide bonds. The highest BCUT2D eigenvalue weighted by atomic mass is 32.1. The molecule has 0 spiro atoms. The third kappa shape index (κ3) is 5.34. The number of thiocarbonyl (C=S) groups is 1. The summed E-state index contributed by atoms with van der Waals surface area (Å²) < 4.78 is 13.4. The van der Waals surface area contributed by atoms with Gasteiger partial charge >= 0.3 is 0 Å². The number of ether oxygens (including phenoxy) is 2. The molecule has 3 aromatic rings. The summed E-state index contributed by atoms with van der Waals surface area (Å²) in [7, 11) is 0. The van der Waals surface area contributed by atoms with E-state index in [4.69, 9.17) is 21.7 Å². The lowest BCUT2D eigenvalue weighted by Crippen LogP contribution is -2.39. The molecular formula is C27H33N5O2S. The molecule has 2 atom stereocenters. The predicted molar refractivity (Wildman–Crippen MR) is 141 cm³/mol. The molecule has 2 aromatic heterocycles. The van der Waals surface area contributed by atoms with Gasteiger partial charge in [-0.05, 0) is 74.1 Å². The summed E-state index contributed by atoms with van der Waals surface area (Å²) in [5.74, 6) is 0.879. The van der Waals surface area contributed by atoms with E-state index < -0.39 is 0 Å². The molecule has 0 saturated carbocycles. The molecule has 8 heteroatoms. The molecule has 0 aliphatic carbocycles. The molecule has 4 heterocycles. The zero-order chi connectivity index (χ0) is 24.0. The van der Waals surface area contributed by atoms with Crippen molar-refractivity contribution in [1.82, 2.24) is 24.7 Å². The topological polar surface area (TPSA) is 54.8 Å². The summed E-state index contributed by atoms with van der Waals surface area (Å²) in [6.07, 6.45) is 5.01. The molecule has 2 aliphatic rings. The van der Waals surface area contributed by atoms with Gasteiger partial charge in [-0.3, -0.25) is 9.88 Å². The van der Waals surface area contributed by atoms with Crippen molar-refractivity contribution < 1.29 is 9.47 Å². The quantitative estimate of drug-likeness (QED) is 0.455. The van der Waals surface area contributed by atoms with Gasteiger partial charge in [0.25, 0.3) is 0 Å². The number of hydrogen-bond acceptors (Lipinski definition) is 5. The molecule has 0 bridgehead atoms. The van der Waals surface area contributed by atoms with Gasteiger partial charge in [-0.25, -0.2) is 0 Å². The smallest absolute Gasteiger partial charge is 0.170 e. The van der Waals surface area contributed by atoms with Gasteiger partial charge in [0.15, 0.2) is 5.11 Å². The van der Waals surface area contributed by atoms with Gasteiger partial charge in [0.1, 0.15) is 5.75 Å². The second-order valence-corrected chi connectivity index (χ2v) is 9.24. The first-order valence-electron chi connectivity index (χ1n) is 12.4. The highest BCUT2D eigenvalue weighted by Crippen LogP contribution is 2.39. The van der Waals surface area contributed by atoms with Gasteiger partial charge in [-0.2, -0.15) is 0 Å². The normalized spacial score (nSPS) is 20.7. The van der Waals surface area contributed by atoms with Crippen LogP contribution in [0, 0.1) is 0 Å². The Kier molecular flexibility index (Phi) is 7.61. The number of hydrogen-bond donors (Lipinski definition) is 1. The minimum absolute atomic E-state index is 0.0246. The van der Waals surface area contributed by atoms with Crippen molar-refractivity contribution in [2.24, 2.45) is 0 Å². The second-order valence-electron chi connectivity index (χ2n) is 8.86. The molecular weight excluding hydrogens is 458 g/mol. The number of nitrogens with one attached hydrogen (secondary N) is 1. The van der Waals surface area contributed by atoms with Crippen molar-refractivity contribution in [3.8, 4) is 11.4 Å². The fourth-order valence-corrected chi connectivity index (χ4v) is 5.33. The van der Waals surface area contributed by atoms with Crippen LogP contribution in [0.25, 0.3) is 5.69 Å². The van der Waals surface area contributed by atoms with Crippen molar-refractivity contribution in [1.29, 1.82) is 0 Å². The van der Waals surface area contributed by atoms with E-state index in [1.165, 1.54) is 5.69 Å². The van der Waals surface area contributed by atoms with Crippen molar-refractivity contribution in [3.63, 3.8) is 0 Å². The third-order valence-electron chi connectivity index (χ3n) is 6.68. The highest BCUT2D eigenvalue weighted by molar-refractivity contribution is 7.80. The van der Waals surface area contributed by atoms with E-state index in [1.807, 2.05) is 37.4 Å². The Morgan fingerprint density at radius 2 is 1.89 bits per heavy atom. The number of rotatable bonds is 9. The van der Waals surface area contributed by atoms with Crippen LogP contribution in [-0.2, 0) is 4.74 Å². The Hall–Kier alpha value is -2.94. The van der Waals surface area contributed by atoms with Gasteiger partial charge in [-0.1, -0.05) is 6.07 Å². The van der Waals surface area contributed by atoms with E-state index in [-0.39, 0.29) is 12.1 Å². The molecule has 2 fully saturated rings. The first-order valence-corrected chi connectivity index (χ1v) is 12.8. The summed E-state index contributed by atoms with van der Waals surface area (Å²) in [6.45, 7) is 8.23. The molecule has 0 unspecified atom stereocenters. The van der Waals surface area contributed by atoms with Gasteiger partial charge < -0.3 is 24.3 Å². The molecule has 1 N–H and O–H groups in total. The molecule has 2 aliphatic heterocycles. The van der Waals surface area contributed by atoms with Crippen LogP contribution in [0.3, 0.4) is 0 Å². The van der Waals surface area contributed by atoms with Gasteiger partial charge in [0.05, 0.1) is 37.6 Å². The largest absolute Gasteiger partial charge is 0.494 e. The van der Waals surface area contributed by atoms with Crippen molar-refractivity contribution in [2.75, 3.05) is 46.0 Å². The first kappa shape index (κ1) is 23.8. The Bertz CT molecular complexity index is 1100. The van der Waals surface area contributed by atoms with Crippen LogP contribution in [-0.4, -0.2) is 70.5 Å². The average molecular weight is 492 g/mol. The fraction of sp³-hybridized carbons (Fsp3) is 0.407. The van der Waals surface area contributed by atoms with Crippen molar-refractivity contribution in [2.45, 2.75) is 25.4 Å². The molecule has 184 valence electrons. The van der Waals surface area contributed by atoms with Crippen LogP contribution in [0.5, 0.6) is 5.75 Å². The van der Waals surface area contributed by atoms with Crippen LogP contribution in [0.2, 0.25) is 0 Å². The van der Waals surface area contributed by atoms with Gasteiger partial charge in [0.2, 0.25) is 0 Å². The fourth-order valence-electron chi connectivity index (χ4n) is 5.00. The van der Waals surface area contributed by atoms with Gasteiger partial charge in [-0.15, -0.1) is 0 Å². The number of morpholine rings is 1. The van der Waals surface area contributed by atoms with Crippen molar-refractivity contribution >= 4 is 17.3 Å². The third-order valence-corrected chi connectivity index (χ3v) is 7.04. The van der Waals surface area contributed by atoms with E-state index in [1.54, 1.807) is 0 Å². The zero-order valence-electron chi connectivity index (χ0n) is 20.2. The SMILES string of the molecule is CCOc1ccc(-n2cccc2[C@H]2[C@@H](c3ccccn3)NC(=S)N2CCCN2CCOCC2)cc1. The highest BCUT2D eigenvalue weighted by Gasteiger charge is 2.41. The number of pyridine rings is 1. The van der Waals surface area contributed by atoms with E-state index in [0.29, 0.717) is 6.61 Å². The molecule has 0 radical (unpaired) electrons. The van der Waals surface area contributed by atoms with E-state index >= 15 is 0 Å². The molecule has 1 aromatic carbocycles. The van der Waals surface area contributed by atoms with Crippen molar-refractivity contribution in [3.05, 3.63) is 78.4 Å². The zero-order valence-corrected chi connectivity index (χ0v) is 21.0. The maximum Gasteiger partial charge on any atom is 0.170 e. The Balaban J connectivity index is 1.42. The lowest BCUT2D eigenvalue weighted by molar-refractivity contribution is 0.0365. The van der Waals surface area contributed by atoms with Crippen LogP contribution in [0.15, 0.2) is 67.0 Å². The monoisotopic (exact) mass is 491 g/mol. The minimum Gasteiger partial charge on any atom is -0.494 e. The first-order chi connectivity index (χ1) is 17.2. The van der Waals surface area contributed by atoms with Crippen LogP contribution < -0.4 is 10.1 Å². The molecule has 2 saturated heterocycles. The lowest BCUT2D eigenvalue weighted by atomic mass is 10.0. The molecule has 7 nitrogen and oxygen atoms in total. The van der Waals surface area contributed by atoms with Crippen LogP contribution in [0.1, 0.15) is 36.8 Å². The standard InChI is InChI=1S/C27H33N5O2S/c1-2-34-22-11-9-21(10-12-22)31-15-5-8-24(31)26-25(23-7-3-4-13-28-23)29-27(35)32(26)16-6-14-30-17-19-33-20-18-30/h3-5,7-13,15,25-26H,2,6,14,16-20H2,1H3,(H,29,35)/t25-,26+/m1/s1. The van der Waals surface area contributed by atoms with E-state index in [9.17, 15) is 0 Å². The van der Waals surface area contributed by atoms with Gasteiger partial charge in [0, 0.05) is 50.0 Å². The predicted octanol–water partition coefficient (Wildman–Crippen LogP) is 3.97. The summed E-state index contributed by atoms with van der Waals surface area (Å²) in [5.41, 5.74) is 3.28. The maximum absolute atomic E-state index is 5.87.